The summed E-state index contributed by atoms with van der Waals surface area (Å²) in [6.45, 7) is 8.25. The van der Waals surface area contributed by atoms with Crippen LogP contribution in [0.1, 0.15) is 20.8 Å². The maximum Gasteiger partial charge on any atom is 0.239 e. The molecule has 0 aliphatic carbocycles. The minimum Gasteiger partial charge on any atom is -0.375 e. The molecule has 82 valence electrons. The maximum atomic E-state index is 11.7. The largest absolute Gasteiger partial charge is 0.375 e. The molecule has 0 aromatic carbocycles. The summed E-state index contributed by atoms with van der Waals surface area (Å²) in [4.78, 5) is 11.7. The van der Waals surface area contributed by atoms with Gasteiger partial charge in [-0.05, 0) is 12.8 Å². The molecule has 1 saturated heterocycles. The van der Waals surface area contributed by atoms with Crippen LogP contribution >= 0.6 is 0 Å². The van der Waals surface area contributed by atoms with Crippen LogP contribution in [0.5, 0.6) is 0 Å². The van der Waals surface area contributed by atoms with Crippen LogP contribution in [0.4, 0.5) is 0 Å². The van der Waals surface area contributed by atoms with E-state index < -0.39 is 0 Å². The van der Waals surface area contributed by atoms with Crippen molar-refractivity contribution in [1.29, 1.82) is 0 Å². The molecule has 2 N–H and O–H groups in total. The predicted octanol–water partition coefficient (Wildman–Crippen LogP) is 0.136. The van der Waals surface area contributed by atoms with Gasteiger partial charge in [-0.3, -0.25) is 4.79 Å². The molecule has 0 aromatic heterocycles. The number of morpholine rings is 1. The van der Waals surface area contributed by atoms with Gasteiger partial charge in [-0.15, -0.1) is 0 Å². The van der Waals surface area contributed by atoms with Crippen molar-refractivity contribution < 1.29 is 9.53 Å². The molecule has 1 fully saturated rings. The normalized spacial score (nSPS) is 27.7. The second-order valence-corrected chi connectivity index (χ2v) is 4.15. The molecule has 0 saturated carbocycles. The van der Waals surface area contributed by atoms with E-state index >= 15 is 0 Å². The summed E-state index contributed by atoms with van der Waals surface area (Å²) >= 11 is 0. The first-order chi connectivity index (χ1) is 6.61. The van der Waals surface area contributed by atoms with E-state index in [1.165, 1.54) is 0 Å². The highest BCUT2D eigenvalue weighted by Gasteiger charge is 2.27. The highest BCUT2D eigenvalue weighted by molar-refractivity contribution is 5.82. The van der Waals surface area contributed by atoms with Crippen LogP contribution in [-0.4, -0.2) is 37.7 Å². The summed E-state index contributed by atoms with van der Waals surface area (Å²) in [5.74, 6) is 0.532. The number of hydrogen-bond donors (Lipinski definition) is 2. The number of amides is 1. The second-order valence-electron chi connectivity index (χ2n) is 4.15. The molecule has 14 heavy (non-hydrogen) atoms. The zero-order valence-corrected chi connectivity index (χ0v) is 9.17. The van der Waals surface area contributed by atoms with Gasteiger partial charge in [0.1, 0.15) is 6.04 Å². The first-order valence-corrected chi connectivity index (χ1v) is 5.24. The molecule has 0 radical (unpaired) electrons. The number of ether oxygens (including phenoxy) is 1. The Morgan fingerprint density at radius 3 is 2.93 bits per heavy atom. The third-order valence-electron chi connectivity index (χ3n) is 2.28. The van der Waals surface area contributed by atoms with Crippen molar-refractivity contribution in [2.24, 2.45) is 5.92 Å². The van der Waals surface area contributed by atoms with Crippen LogP contribution < -0.4 is 10.6 Å². The van der Waals surface area contributed by atoms with Gasteiger partial charge in [0.05, 0.1) is 12.7 Å². The average Bonchev–Trinajstić information content (AvgIpc) is 2.15. The summed E-state index contributed by atoms with van der Waals surface area (Å²) in [7, 11) is 0. The molecule has 1 aliphatic rings. The third-order valence-corrected chi connectivity index (χ3v) is 2.28. The molecular weight excluding hydrogens is 180 g/mol. The first-order valence-electron chi connectivity index (χ1n) is 5.24. The fourth-order valence-corrected chi connectivity index (χ4v) is 1.44. The summed E-state index contributed by atoms with van der Waals surface area (Å²) < 4.78 is 5.40. The van der Waals surface area contributed by atoms with E-state index in [1.807, 2.05) is 6.92 Å². The van der Waals surface area contributed by atoms with E-state index in [4.69, 9.17) is 4.74 Å². The SMILES string of the molecule is CC(C)CNC(=O)[C@H]1NCCO[C@@H]1C. The molecule has 1 rings (SSSR count). The standard InChI is InChI=1S/C10H20N2O2/c1-7(2)6-12-10(13)9-8(3)14-5-4-11-9/h7-9,11H,4-6H2,1-3H3,(H,12,13)/t8-,9+/m1/s1. The number of carbonyl (C=O) groups is 1. The van der Waals surface area contributed by atoms with Crippen LogP contribution in [0, 0.1) is 5.92 Å². The molecule has 4 nitrogen and oxygen atoms in total. The van der Waals surface area contributed by atoms with E-state index in [-0.39, 0.29) is 18.1 Å². The van der Waals surface area contributed by atoms with Crippen LogP contribution in [-0.2, 0) is 9.53 Å². The van der Waals surface area contributed by atoms with Gasteiger partial charge in [0.2, 0.25) is 5.91 Å². The van der Waals surface area contributed by atoms with Crippen molar-refractivity contribution in [3.05, 3.63) is 0 Å². The Kier molecular flexibility index (Phi) is 4.35. The second kappa shape index (κ2) is 5.32. The number of rotatable bonds is 3. The molecule has 0 unspecified atom stereocenters. The zero-order valence-electron chi connectivity index (χ0n) is 9.17. The van der Waals surface area contributed by atoms with Crippen molar-refractivity contribution in [3.8, 4) is 0 Å². The van der Waals surface area contributed by atoms with Crippen LogP contribution in [0.15, 0.2) is 0 Å². The number of nitrogens with one attached hydrogen (secondary N) is 2. The molecule has 0 bridgehead atoms. The lowest BCUT2D eigenvalue weighted by Crippen LogP contribution is -2.55. The van der Waals surface area contributed by atoms with E-state index in [2.05, 4.69) is 24.5 Å². The summed E-state index contributed by atoms with van der Waals surface area (Å²) in [5, 5.41) is 6.06. The van der Waals surface area contributed by atoms with Crippen molar-refractivity contribution in [2.45, 2.75) is 32.9 Å². The molecule has 4 heteroatoms. The zero-order chi connectivity index (χ0) is 10.6. The summed E-state index contributed by atoms with van der Waals surface area (Å²) in [5.41, 5.74) is 0. The Balaban J connectivity index is 2.34. The fraction of sp³-hybridized carbons (Fsp3) is 0.900. The predicted molar refractivity (Wildman–Crippen MR) is 55.1 cm³/mol. The number of hydrogen-bond acceptors (Lipinski definition) is 3. The van der Waals surface area contributed by atoms with Crippen LogP contribution in [0.25, 0.3) is 0 Å². The van der Waals surface area contributed by atoms with Crippen LogP contribution in [0.3, 0.4) is 0 Å². The van der Waals surface area contributed by atoms with Crippen molar-refractivity contribution in [2.75, 3.05) is 19.7 Å². The monoisotopic (exact) mass is 200 g/mol. The lowest BCUT2D eigenvalue weighted by atomic mass is 10.1. The molecular formula is C10H20N2O2. The molecule has 1 heterocycles. The number of carbonyl (C=O) groups excluding carboxylic acids is 1. The smallest absolute Gasteiger partial charge is 0.239 e. The molecule has 0 aromatic rings. The average molecular weight is 200 g/mol. The fourth-order valence-electron chi connectivity index (χ4n) is 1.44. The lowest BCUT2D eigenvalue weighted by molar-refractivity contribution is -0.129. The highest BCUT2D eigenvalue weighted by atomic mass is 16.5. The summed E-state index contributed by atoms with van der Waals surface area (Å²) in [6.07, 6.45) is -0.0316. The van der Waals surface area contributed by atoms with Crippen molar-refractivity contribution in [3.63, 3.8) is 0 Å². The Bertz CT molecular complexity index is 195. The van der Waals surface area contributed by atoms with Gasteiger partial charge in [0.25, 0.3) is 0 Å². The van der Waals surface area contributed by atoms with Gasteiger partial charge < -0.3 is 15.4 Å². The van der Waals surface area contributed by atoms with E-state index in [0.717, 1.165) is 13.1 Å². The van der Waals surface area contributed by atoms with Gasteiger partial charge in [0.15, 0.2) is 0 Å². The molecule has 1 amide bonds. The minimum absolute atomic E-state index is 0.0316. The quantitative estimate of drug-likeness (QED) is 0.681. The van der Waals surface area contributed by atoms with Crippen molar-refractivity contribution >= 4 is 5.91 Å². The molecule has 2 atom stereocenters. The Morgan fingerprint density at radius 1 is 1.64 bits per heavy atom. The van der Waals surface area contributed by atoms with Crippen LogP contribution in [0.2, 0.25) is 0 Å². The lowest BCUT2D eigenvalue weighted by Gasteiger charge is -2.29. The maximum absolute atomic E-state index is 11.7. The third kappa shape index (κ3) is 3.27. The van der Waals surface area contributed by atoms with Gasteiger partial charge in [-0.25, -0.2) is 0 Å². The first kappa shape index (κ1) is 11.5. The highest BCUT2D eigenvalue weighted by Crippen LogP contribution is 2.03. The van der Waals surface area contributed by atoms with Gasteiger partial charge in [0, 0.05) is 13.1 Å². The Labute approximate surface area is 85.4 Å². The van der Waals surface area contributed by atoms with E-state index in [1.54, 1.807) is 0 Å². The van der Waals surface area contributed by atoms with Gasteiger partial charge >= 0.3 is 0 Å². The van der Waals surface area contributed by atoms with Gasteiger partial charge in [-0.2, -0.15) is 0 Å². The molecule has 0 spiro atoms. The van der Waals surface area contributed by atoms with E-state index in [0.29, 0.717) is 12.5 Å². The Hall–Kier alpha value is -0.610. The van der Waals surface area contributed by atoms with Crippen molar-refractivity contribution in [1.82, 2.24) is 10.6 Å². The minimum atomic E-state index is -0.192. The Morgan fingerprint density at radius 2 is 2.36 bits per heavy atom. The topological polar surface area (TPSA) is 50.4 Å². The molecule has 1 aliphatic heterocycles. The van der Waals surface area contributed by atoms with E-state index in [9.17, 15) is 4.79 Å². The summed E-state index contributed by atoms with van der Waals surface area (Å²) in [6, 6.07) is -0.192. The van der Waals surface area contributed by atoms with Gasteiger partial charge in [-0.1, -0.05) is 13.8 Å².